The Morgan fingerprint density at radius 2 is 1.78 bits per heavy atom. The number of benzene rings is 2. The second kappa shape index (κ2) is 6.20. The average Bonchev–Trinajstić information content (AvgIpc) is 2.62. The lowest BCUT2D eigenvalue weighted by atomic mass is 9.92. The molecular formula is C19H15N3O. The minimum absolute atomic E-state index is 0.227. The van der Waals surface area contributed by atoms with Gasteiger partial charge in [-0.2, -0.15) is 5.26 Å². The van der Waals surface area contributed by atoms with Crippen molar-refractivity contribution in [3.05, 3.63) is 66.4 Å². The molecule has 0 spiro atoms. The average molecular weight is 301 g/mol. The van der Waals surface area contributed by atoms with E-state index in [0.29, 0.717) is 5.56 Å². The normalized spacial score (nSPS) is 10.1. The zero-order valence-corrected chi connectivity index (χ0v) is 12.7. The standard InChI is InChI=1S/C19H15N3O/c1-23-15-9-5-8-14(10-15)18-16(11-20)19(21)22-12-17(18)13-6-3-2-4-7-13/h2-10,12H,1H3,(H2,21,22). The Morgan fingerprint density at radius 1 is 1.04 bits per heavy atom. The summed E-state index contributed by atoms with van der Waals surface area (Å²) in [6.45, 7) is 0. The van der Waals surface area contributed by atoms with Gasteiger partial charge in [0.05, 0.1) is 7.11 Å². The van der Waals surface area contributed by atoms with E-state index in [9.17, 15) is 5.26 Å². The fourth-order valence-electron chi connectivity index (χ4n) is 2.55. The van der Waals surface area contributed by atoms with Crippen LogP contribution < -0.4 is 10.5 Å². The first-order valence-electron chi connectivity index (χ1n) is 7.13. The minimum Gasteiger partial charge on any atom is -0.497 e. The molecule has 1 aromatic heterocycles. The molecule has 2 N–H and O–H groups in total. The third-order valence-electron chi connectivity index (χ3n) is 3.66. The summed E-state index contributed by atoms with van der Waals surface area (Å²) in [7, 11) is 1.61. The van der Waals surface area contributed by atoms with E-state index in [2.05, 4.69) is 11.1 Å². The Balaban J connectivity index is 2.33. The van der Waals surface area contributed by atoms with Crippen LogP contribution in [0.5, 0.6) is 5.75 Å². The van der Waals surface area contributed by atoms with Crippen molar-refractivity contribution in [1.29, 1.82) is 5.26 Å². The Bertz CT molecular complexity index is 883. The van der Waals surface area contributed by atoms with E-state index in [0.717, 1.165) is 28.0 Å². The van der Waals surface area contributed by atoms with Crippen LogP contribution in [0.15, 0.2) is 60.8 Å². The number of methoxy groups -OCH3 is 1. The zero-order chi connectivity index (χ0) is 16.2. The number of aromatic nitrogens is 1. The van der Waals surface area contributed by atoms with Crippen LogP contribution in [0.25, 0.3) is 22.3 Å². The summed E-state index contributed by atoms with van der Waals surface area (Å²) in [4.78, 5) is 4.18. The predicted molar refractivity (Wildman–Crippen MR) is 90.8 cm³/mol. The van der Waals surface area contributed by atoms with E-state index < -0.39 is 0 Å². The number of anilines is 1. The molecular weight excluding hydrogens is 286 g/mol. The number of rotatable bonds is 3. The molecule has 0 saturated heterocycles. The van der Waals surface area contributed by atoms with E-state index >= 15 is 0 Å². The molecule has 23 heavy (non-hydrogen) atoms. The molecule has 0 aliphatic heterocycles. The van der Waals surface area contributed by atoms with Crippen molar-refractivity contribution in [3.8, 4) is 34.1 Å². The number of hydrogen-bond donors (Lipinski definition) is 1. The molecule has 3 aromatic rings. The van der Waals surface area contributed by atoms with Gasteiger partial charge in [0.25, 0.3) is 0 Å². The van der Waals surface area contributed by atoms with Crippen molar-refractivity contribution in [3.63, 3.8) is 0 Å². The zero-order valence-electron chi connectivity index (χ0n) is 12.7. The number of nitrogens with zero attached hydrogens (tertiary/aromatic N) is 2. The smallest absolute Gasteiger partial charge is 0.141 e. The summed E-state index contributed by atoms with van der Waals surface area (Å²) in [5, 5.41) is 9.56. The van der Waals surface area contributed by atoms with E-state index in [1.807, 2.05) is 54.6 Å². The van der Waals surface area contributed by atoms with Gasteiger partial charge in [0.15, 0.2) is 0 Å². The molecule has 0 saturated carbocycles. The van der Waals surface area contributed by atoms with Gasteiger partial charge in [0.2, 0.25) is 0 Å². The largest absolute Gasteiger partial charge is 0.497 e. The molecule has 0 aliphatic rings. The molecule has 0 aliphatic carbocycles. The lowest BCUT2D eigenvalue weighted by Gasteiger charge is -2.14. The van der Waals surface area contributed by atoms with Gasteiger partial charge in [-0.3, -0.25) is 0 Å². The fourth-order valence-corrected chi connectivity index (χ4v) is 2.55. The molecule has 2 aromatic carbocycles. The van der Waals surface area contributed by atoms with Gasteiger partial charge in [-0.05, 0) is 23.3 Å². The molecule has 0 fully saturated rings. The molecule has 112 valence electrons. The number of ether oxygens (including phenoxy) is 1. The summed E-state index contributed by atoms with van der Waals surface area (Å²) in [5.74, 6) is 0.950. The number of nitrogens with two attached hydrogens (primary N) is 1. The van der Waals surface area contributed by atoms with Crippen molar-refractivity contribution in [1.82, 2.24) is 4.98 Å². The molecule has 4 heteroatoms. The van der Waals surface area contributed by atoms with Gasteiger partial charge >= 0.3 is 0 Å². The van der Waals surface area contributed by atoms with Gasteiger partial charge in [-0.15, -0.1) is 0 Å². The molecule has 0 amide bonds. The number of nitriles is 1. The molecule has 0 bridgehead atoms. The lowest BCUT2D eigenvalue weighted by molar-refractivity contribution is 0.415. The van der Waals surface area contributed by atoms with Crippen molar-refractivity contribution < 1.29 is 4.74 Å². The Morgan fingerprint density at radius 3 is 2.48 bits per heavy atom. The topological polar surface area (TPSA) is 71.9 Å². The van der Waals surface area contributed by atoms with Crippen molar-refractivity contribution in [2.45, 2.75) is 0 Å². The highest BCUT2D eigenvalue weighted by atomic mass is 16.5. The van der Waals surface area contributed by atoms with E-state index in [1.165, 1.54) is 0 Å². The van der Waals surface area contributed by atoms with E-state index in [4.69, 9.17) is 10.5 Å². The van der Waals surface area contributed by atoms with Crippen molar-refractivity contribution >= 4 is 5.82 Å². The van der Waals surface area contributed by atoms with Gasteiger partial charge < -0.3 is 10.5 Å². The van der Waals surface area contributed by atoms with Crippen molar-refractivity contribution in [2.75, 3.05) is 12.8 Å². The summed E-state index contributed by atoms with van der Waals surface area (Å²) >= 11 is 0. The molecule has 4 nitrogen and oxygen atoms in total. The Hall–Kier alpha value is -3.32. The maximum Gasteiger partial charge on any atom is 0.141 e. The molecule has 0 atom stereocenters. The van der Waals surface area contributed by atoms with E-state index in [1.54, 1.807) is 13.3 Å². The van der Waals surface area contributed by atoms with Crippen LogP contribution in [0, 0.1) is 11.3 Å². The highest BCUT2D eigenvalue weighted by Crippen LogP contribution is 2.37. The monoisotopic (exact) mass is 301 g/mol. The Kier molecular flexibility index (Phi) is 3.94. The quantitative estimate of drug-likeness (QED) is 0.797. The van der Waals surface area contributed by atoms with Crippen LogP contribution in [0.4, 0.5) is 5.82 Å². The maximum atomic E-state index is 9.56. The van der Waals surface area contributed by atoms with Gasteiger partial charge in [0, 0.05) is 17.3 Å². The molecule has 1 heterocycles. The van der Waals surface area contributed by atoms with Crippen LogP contribution in [0.1, 0.15) is 5.56 Å². The van der Waals surface area contributed by atoms with Gasteiger partial charge in [-0.25, -0.2) is 4.98 Å². The minimum atomic E-state index is 0.227. The fraction of sp³-hybridized carbons (Fsp3) is 0.0526. The summed E-state index contributed by atoms with van der Waals surface area (Å²) in [6, 6.07) is 19.6. The SMILES string of the molecule is COc1cccc(-c2c(-c3ccccc3)cnc(N)c2C#N)c1. The molecule has 0 unspecified atom stereocenters. The highest BCUT2D eigenvalue weighted by Gasteiger charge is 2.16. The third kappa shape index (κ3) is 2.72. The maximum absolute atomic E-state index is 9.56. The second-order valence-electron chi connectivity index (χ2n) is 5.02. The highest BCUT2D eigenvalue weighted by molar-refractivity contribution is 5.89. The summed E-state index contributed by atoms with van der Waals surface area (Å²) in [6.07, 6.45) is 1.71. The van der Waals surface area contributed by atoms with Gasteiger partial charge in [-0.1, -0.05) is 42.5 Å². The molecule has 3 rings (SSSR count). The first-order chi connectivity index (χ1) is 11.2. The van der Waals surface area contributed by atoms with Crippen LogP contribution in [0.3, 0.4) is 0 Å². The lowest BCUT2D eigenvalue weighted by Crippen LogP contribution is -2.00. The summed E-state index contributed by atoms with van der Waals surface area (Å²) in [5.41, 5.74) is 9.78. The van der Waals surface area contributed by atoms with Crippen LogP contribution in [0.2, 0.25) is 0 Å². The van der Waals surface area contributed by atoms with Gasteiger partial charge in [0.1, 0.15) is 23.2 Å². The third-order valence-corrected chi connectivity index (χ3v) is 3.66. The predicted octanol–water partition coefficient (Wildman–Crippen LogP) is 3.88. The van der Waals surface area contributed by atoms with E-state index in [-0.39, 0.29) is 5.82 Å². The number of nitrogen functional groups attached to an aromatic ring is 1. The van der Waals surface area contributed by atoms with Crippen LogP contribution >= 0.6 is 0 Å². The first-order valence-corrected chi connectivity index (χ1v) is 7.13. The first kappa shape index (κ1) is 14.6. The summed E-state index contributed by atoms with van der Waals surface area (Å²) < 4.78 is 5.30. The number of pyridine rings is 1. The van der Waals surface area contributed by atoms with Crippen molar-refractivity contribution in [2.24, 2.45) is 0 Å². The van der Waals surface area contributed by atoms with Crippen LogP contribution in [-0.2, 0) is 0 Å². The molecule has 0 radical (unpaired) electrons. The Labute approximate surface area is 134 Å². The van der Waals surface area contributed by atoms with Crippen LogP contribution in [-0.4, -0.2) is 12.1 Å². The second-order valence-corrected chi connectivity index (χ2v) is 5.02. The number of hydrogen-bond acceptors (Lipinski definition) is 4.